The van der Waals surface area contributed by atoms with E-state index in [-0.39, 0.29) is 38.2 Å². The van der Waals surface area contributed by atoms with Crippen molar-refractivity contribution in [1.82, 2.24) is 5.32 Å². The van der Waals surface area contributed by atoms with E-state index in [0.29, 0.717) is 24.1 Å². The number of carboxylic acids is 1. The monoisotopic (exact) mass is 491 g/mol. The standard InChI is InChI=1S/C25H28F3N3O4/c26-25(27,28)20-7-4-15(12-22(20)31-10-8-17(9-11-31)23(33)34)14-29-24(35)30-21-3-1-2-16-5-6-18(32)13-19(16)21/h1-4,7,12,17-18,32H,5-6,8-11,13-14H2,(H,33,34)(H2,29,30,35). The third-order valence-corrected chi connectivity index (χ3v) is 6.71. The molecule has 2 aliphatic rings. The van der Waals surface area contributed by atoms with Crippen molar-refractivity contribution in [3.05, 3.63) is 58.7 Å². The number of hydrogen-bond donors (Lipinski definition) is 4. The summed E-state index contributed by atoms with van der Waals surface area (Å²) in [5, 5.41) is 24.6. The fourth-order valence-corrected chi connectivity index (χ4v) is 4.79. The fourth-order valence-electron chi connectivity index (χ4n) is 4.79. The van der Waals surface area contributed by atoms with Gasteiger partial charge in [0, 0.05) is 37.4 Å². The predicted octanol–water partition coefficient (Wildman–Crippen LogP) is 4.18. The molecule has 188 valence electrons. The van der Waals surface area contributed by atoms with Crippen molar-refractivity contribution in [1.29, 1.82) is 0 Å². The molecule has 1 aliphatic heterocycles. The lowest BCUT2D eigenvalue weighted by atomic mass is 9.88. The number of benzene rings is 2. The summed E-state index contributed by atoms with van der Waals surface area (Å²) in [6, 6.07) is 8.80. The van der Waals surface area contributed by atoms with Gasteiger partial charge in [0.25, 0.3) is 0 Å². The van der Waals surface area contributed by atoms with Crippen LogP contribution in [-0.4, -0.2) is 41.4 Å². The van der Waals surface area contributed by atoms with Crippen molar-refractivity contribution in [3.63, 3.8) is 0 Å². The minimum atomic E-state index is -4.56. The van der Waals surface area contributed by atoms with E-state index in [1.807, 2.05) is 12.1 Å². The van der Waals surface area contributed by atoms with Gasteiger partial charge in [-0.15, -0.1) is 0 Å². The van der Waals surface area contributed by atoms with Crippen LogP contribution >= 0.6 is 0 Å². The number of aliphatic hydroxyl groups excluding tert-OH is 1. The number of aliphatic hydroxyl groups is 1. The van der Waals surface area contributed by atoms with Gasteiger partial charge in [-0.25, -0.2) is 4.79 Å². The number of carbonyl (C=O) groups excluding carboxylic acids is 1. The second-order valence-electron chi connectivity index (χ2n) is 9.10. The zero-order valence-corrected chi connectivity index (χ0v) is 19.1. The average Bonchev–Trinajstić information content (AvgIpc) is 2.82. The highest BCUT2D eigenvalue weighted by molar-refractivity contribution is 5.90. The summed E-state index contributed by atoms with van der Waals surface area (Å²) in [5.41, 5.74) is 2.28. The summed E-state index contributed by atoms with van der Waals surface area (Å²) < 4.78 is 40.9. The van der Waals surface area contributed by atoms with Gasteiger partial charge in [-0.3, -0.25) is 4.79 Å². The van der Waals surface area contributed by atoms with Crippen molar-refractivity contribution < 1.29 is 33.0 Å². The lowest BCUT2D eigenvalue weighted by Crippen LogP contribution is -2.37. The van der Waals surface area contributed by atoms with Gasteiger partial charge in [-0.05, 0) is 60.6 Å². The maximum atomic E-state index is 13.6. The number of nitrogens with zero attached hydrogens (tertiary/aromatic N) is 1. The Kier molecular flexibility index (Phi) is 7.20. The first-order valence-electron chi connectivity index (χ1n) is 11.6. The number of alkyl halides is 3. The summed E-state index contributed by atoms with van der Waals surface area (Å²) in [7, 11) is 0. The minimum absolute atomic E-state index is 0.00726. The van der Waals surface area contributed by atoms with E-state index in [1.165, 1.54) is 12.1 Å². The Balaban J connectivity index is 1.45. The van der Waals surface area contributed by atoms with Crippen molar-refractivity contribution >= 4 is 23.4 Å². The number of aryl methyl sites for hydroxylation is 1. The van der Waals surface area contributed by atoms with Gasteiger partial charge in [0.05, 0.1) is 17.6 Å². The van der Waals surface area contributed by atoms with Gasteiger partial charge in [0.15, 0.2) is 0 Å². The molecule has 10 heteroatoms. The minimum Gasteiger partial charge on any atom is -0.481 e. The highest BCUT2D eigenvalue weighted by Crippen LogP contribution is 2.38. The molecule has 1 atom stereocenters. The number of hydrogen-bond acceptors (Lipinski definition) is 4. The van der Waals surface area contributed by atoms with Gasteiger partial charge in [0.2, 0.25) is 0 Å². The molecule has 1 heterocycles. The van der Waals surface area contributed by atoms with Crippen molar-refractivity contribution in [2.45, 2.75) is 50.9 Å². The molecule has 0 saturated carbocycles. The van der Waals surface area contributed by atoms with Gasteiger partial charge in [0.1, 0.15) is 0 Å². The van der Waals surface area contributed by atoms with Gasteiger partial charge < -0.3 is 25.7 Å². The van der Waals surface area contributed by atoms with Crippen LogP contribution in [0.25, 0.3) is 0 Å². The molecule has 1 unspecified atom stereocenters. The molecule has 1 saturated heterocycles. The van der Waals surface area contributed by atoms with Crippen LogP contribution in [0.3, 0.4) is 0 Å². The molecule has 0 bridgehead atoms. The third kappa shape index (κ3) is 5.87. The number of aliphatic carboxylic acids is 1. The summed E-state index contributed by atoms with van der Waals surface area (Å²) >= 11 is 0. The molecule has 4 N–H and O–H groups in total. The number of carboxylic acid groups (broad SMARTS) is 1. The zero-order chi connectivity index (χ0) is 25.2. The number of anilines is 2. The Hall–Kier alpha value is -3.27. The van der Waals surface area contributed by atoms with E-state index in [1.54, 1.807) is 11.0 Å². The molecule has 2 amide bonds. The lowest BCUT2D eigenvalue weighted by molar-refractivity contribution is -0.142. The second kappa shape index (κ2) is 10.2. The average molecular weight is 492 g/mol. The fraction of sp³-hybridized carbons (Fsp3) is 0.440. The van der Waals surface area contributed by atoms with E-state index >= 15 is 0 Å². The van der Waals surface area contributed by atoms with Crippen LogP contribution < -0.4 is 15.5 Å². The normalized spacial score (nSPS) is 18.6. The number of carbonyl (C=O) groups is 2. The third-order valence-electron chi connectivity index (χ3n) is 6.71. The number of amides is 2. The molecule has 7 nitrogen and oxygen atoms in total. The Morgan fingerprint density at radius 3 is 2.51 bits per heavy atom. The van der Waals surface area contributed by atoms with Gasteiger partial charge in [-0.1, -0.05) is 18.2 Å². The zero-order valence-electron chi connectivity index (χ0n) is 19.1. The number of rotatable bonds is 5. The van der Waals surface area contributed by atoms with Crippen molar-refractivity contribution in [2.24, 2.45) is 5.92 Å². The first kappa shape index (κ1) is 24.8. The van der Waals surface area contributed by atoms with Crippen LogP contribution in [0.1, 0.15) is 41.5 Å². The predicted molar refractivity (Wildman–Crippen MR) is 124 cm³/mol. The molecule has 35 heavy (non-hydrogen) atoms. The van der Waals surface area contributed by atoms with Crippen LogP contribution in [0.4, 0.5) is 29.3 Å². The SMILES string of the molecule is O=C(NCc1ccc(C(F)(F)F)c(N2CCC(C(=O)O)CC2)c1)Nc1cccc2c1CC(O)CC2. The molecule has 4 rings (SSSR count). The molecule has 2 aromatic rings. The topological polar surface area (TPSA) is 102 Å². The Bertz CT molecular complexity index is 1100. The van der Waals surface area contributed by atoms with Crippen LogP contribution in [0, 0.1) is 5.92 Å². The maximum Gasteiger partial charge on any atom is 0.418 e. The van der Waals surface area contributed by atoms with Crippen LogP contribution in [0.5, 0.6) is 0 Å². The van der Waals surface area contributed by atoms with E-state index < -0.39 is 35.8 Å². The van der Waals surface area contributed by atoms with Gasteiger partial charge in [-0.2, -0.15) is 13.2 Å². The molecular weight excluding hydrogens is 463 g/mol. The highest BCUT2D eigenvalue weighted by Gasteiger charge is 2.36. The van der Waals surface area contributed by atoms with Crippen LogP contribution in [0.2, 0.25) is 0 Å². The Labute approximate surface area is 200 Å². The molecule has 0 aromatic heterocycles. The number of piperidine rings is 1. The summed E-state index contributed by atoms with van der Waals surface area (Å²) in [6.07, 6.45) is -2.62. The first-order valence-corrected chi connectivity index (χ1v) is 11.6. The van der Waals surface area contributed by atoms with E-state index in [4.69, 9.17) is 0 Å². The highest BCUT2D eigenvalue weighted by atomic mass is 19.4. The quantitative estimate of drug-likeness (QED) is 0.503. The van der Waals surface area contributed by atoms with Crippen LogP contribution in [0.15, 0.2) is 36.4 Å². The van der Waals surface area contributed by atoms with Gasteiger partial charge >= 0.3 is 18.2 Å². The number of halogens is 3. The summed E-state index contributed by atoms with van der Waals surface area (Å²) in [6.45, 7) is 0.435. The molecule has 2 aromatic carbocycles. The lowest BCUT2D eigenvalue weighted by Gasteiger charge is -2.34. The van der Waals surface area contributed by atoms with E-state index in [9.17, 15) is 33.0 Å². The molecule has 0 radical (unpaired) electrons. The maximum absolute atomic E-state index is 13.6. The summed E-state index contributed by atoms with van der Waals surface area (Å²) in [5.74, 6) is -1.49. The molecule has 1 aliphatic carbocycles. The number of nitrogens with one attached hydrogen (secondary N) is 2. The van der Waals surface area contributed by atoms with E-state index in [0.717, 1.165) is 23.6 Å². The number of fused-ring (bicyclic) bond motifs is 1. The van der Waals surface area contributed by atoms with Crippen molar-refractivity contribution in [3.8, 4) is 0 Å². The Morgan fingerprint density at radius 2 is 1.83 bits per heavy atom. The largest absolute Gasteiger partial charge is 0.481 e. The number of urea groups is 1. The molecule has 1 fully saturated rings. The molecule has 0 spiro atoms. The smallest absolute Gasteiger partial charge is 0.418 e. The second-order valence-corrected chi connectivity index (χ2v) is 9.10. The molecular formula is C25H28F3N3O4. The van der Waals surface area contributed by atoms with Crippen molar-refractivity contribution in [2.75, 3.05) is 23.3 Å². The summed E-state index contributed by atoms with van der Waals surface area (Å²) in [4.78, 5) is 25.3. The first-order chi connectivity index (χ1) is 16.6. The van der Waals surface area contributed by atoms with E-state index in [2.05, 4.69) is 10.6 Å². The van der Waals surface area contributed by atoms with Crippen LogP contribution in [-0.2, 0) is 30.4 Å². The Morgan fingerprint density at radius 1 is 1.09 bits per heavy atom.